The third-order valence-electron chi connectivity index (χ3n) is 3.81. The van der Waals surface area contributed by atoms with Crippen molar-refractivity contribution in [3.8, 4) is 11.5 Å². The lowest BCUT2D eigenvalue weighted by molar-refractivity contribution is -0.147. The monoisotopic (exact) mass is 298 g/mol. The van der Waals surface area contributed by atoms with Crippen LogP contribution in [0.3, 0.4) is 0 Å². The Hall–Kier alpha value is -2.40. The van der Waals surface area contributed by atoms with Crippen molar-refractivity contribution >= 4 is 5.97 Å². The fraction of sp³-hybridized carbons (Fsp3) is 0.294. The van der Waals surface area contributed by atoms with Gasteiger partial charge >= 0.3 is 5.97 Å². The summed E-state index contributed by atoms with van der Waals surface area (Å²) in [6.45, 7) is 4.04. The van der Waals surface area contributed by atoms with Crippen LogP contribution in [0.4, 0.5) is 0 Å². The van der Waals surface area contributed by atoms with Crippen molar-refractivity contribution in [2.45, 2.75) is 13.5 Å². The number of pyridine rings is 1. The van der Waals surface area contributed by atoms with Crippen molar-refractivity contribution in [2.24, 2.45) is 5.92 Å². The van der Waals surface area contributed by atoms with Gasteiger partial charge in [0.15, 0.2) is 0 Å². The Labute approximate surface area is 129 Å². The van der Waals surface area contributed by atoms with Gasteiger partial charge in [0.05, 0.1) is 12.1 Å². The van der Waals surface area contributed by atoms with Gasteiger partial charge in [0.2, 0.25) is 0 Å². The van der Waals surface area contributed by atoms with Gasteiger partial charge in [-0.15, -0.1) is 0 Å². The topological polar surface area (TPSA) is 62.7 Å². The molecule has 2 heterocycles. The normalized spacial score (nSPS) is 15.3. The third kappa shape index (κ3) is 3.26. The fourth-order valence-electron chi connectivity index (χ4n) is 2.57. The summed E-state index contributed by atoms with van der Waals surface area (Å²) in [5, 5.41) is 8.89. The van der Waals surface area contributed by atoms with Crippen LogP contribution >= 0.6 is 0 Å². The number of aliphatic carboxylic acids is 1. The van der Waals surface area contributed by atoms with E-state index in [4.69, 9.17) is 9.84 Å². The molecule has 1 saturated heterocycles. The van der Waals surface area contributed by atoms with Crippen LogP contribution in [0, 0.1) is 12.8 Å². The molecular weight excluding hydrogens is 280 g/mol. The minimum atomic E-state index is -0.701. The van der Waals surface area contributed by atoms with E-state index in [0.717, 1.165) is 17.9 Å². The lowest BCUT2D eigenvalue weighted by Crippen LogP contribution is -2.49. The standard InChI is InChI=1S/C17H18N2O3/c1-12-7-13(9-19-10-14(11-19)17(20)21)4-5-16(12)22-15-3-2-6-18-8-15/h2-8,14H,9-11H2,1H3,(H,20,21). The zero-order valence-corrected chi connectivity index (χ0v) is 12.4. The maximum atomic E-state index is 10.8. The summed E-state index contributed by atoms with van der Waals surface area (Å²) in [7, 11) is 0. The summed E-state index contributed by atoms with van der Waals surface area (Å²) in [4.78, 5) is 17.0. The van der Waals surface area contributed by atoms with Crippen LogP contribution < -0.4 is 4.74 Å². The summed E-state index contributed by atoms with van der Waals surface area (Å²) in [5.74, 6) is 0.607. The summed E-state index contributed by atoms with van der Waals surface area (Å²) in [6.07, 6.45) is 3.39. The molecule has 0 saturated carbocycles. The number of rotatable bonds is 5. The van der Waals surface area contributed by atoms with Crippen LogP contribution in [0.25, 0.3) is 0 Å². The van der Waals surface area contributed by atoms with E-state index in [1.807, 2.05) is 31.2 Å². The third-order valence-corrected chi connectivity index (χ3v) is 3.81. The van der Waals surface area contributed by atoms with Crippen molar-refractivity contribution in [3.05, 3.63) is 53.9 Å². The highest BCUT2D eigenvalue weighted by Crippen LogP contribution is 2.26. The van der Waals surface area contributed by atoms with Crippen LogP contribution in [-0.4, -0.2) is 34.0 Å². The van der Waals surface area contributed by atoms with E-state index in [9.17, 15) is 4.79 Å². The molecule has 1 N–H and O–H groups in total. The molecule has 1 aromatic carbocycles. The fourth-order valence-corrected chi connectivity index (χ4v) is 2.57. The Kier molecular flexibility index (Phi) is 4.06. The summed E-state index contributed by atoms with van der Waals surface area (Å²) < 4.78 is 5.80. The number of aromatic nitrogens is 1. The van der Waals surface area contributed by atoms with E-state index in [1.54, 1.807) is 12.4 Å². The van der Waals surface area contributed by atoms with E-state index in [0.29, 0.717) is 18.8 Å². The summed E-state index contributed by atoms with van der Waals surface area (Å²) in [5.41, 5.74) is 2.22. The van der Waals surface area contributed by atoms with E-state index in [-0.39, 0.29) is 5.92 Å². The zero-order chi connectivity index (χ0) is 15.5. The van der Waals surface area contributed by atoms with Gasteiger partial charge in [-0.25, -0.2) is 0 Å². The number of aryl methyl sites for hydroxylation is 1. The van der Waals surface area contributed by atoms with Crippen molar-refractivity contribution in [3.63, 3.8) is 0 Å². The molecule has 5 heteroatoms. The molecule has 2 aromatic rings. The number of carbonyl (C=O) groups is 1. The predicted molar refractivity (Wildman–Crippen MR) is 81.9 cm³/mol. The Balaban J connectivity index is 1.62. The number of ether oxygens (including phenoxy) is 1. The molecule has 1 fully saturated rings. The van der Waals surface area contributed by atoms with Crippen molar-refractivity contribution in [2.75, 3.05) is 13.1 Å². The molecule has 0 spiro atoms. The second-order valence-corrected chi connectivity index (χ2v) is 5.62. The van der Waals surface area contributed by atoms with Gasteiger partial charge in [0.1, 0.15) is 11.5 Å². The van der Waals surface area contributed by atoms with Crippen LogP contribution in [-0.2, 0) is 11.3 Å². The van der Waals surface area contributed by atoms with E-state index >= 15 is 0 Å². The molecule has 1 aliphatic rings. The molecule has 0 unspecified atom stereocenters. The molecule has 0 amide bonds. The Morgan fingerprint density at radius 3 is 2.86 bits per heavy atom. The molecule has 3 rings (SSSR count). The van der Waals surface area contributed by atoms with Gasteiger partial charge in [-0.1, -0.05) is 12.1 Å². The number of hydrogen-bond acceptors (Lipinski definition) is 4. The number of carboxylic acids is 1. The minimum Gasteiger partial charge on any atom is -0.481 e. The predicted octanol–water partition coefficient (Wildman–Crippen LogP) is 2.70. The highest BCUT2D eigenvalue weighted by atomic mass is 16.5. The number of benzene rings is 1. The molecule has 0 radical (unpaired) electrons. The first kappa shape index (κ1) is 14.5. The van der Waals surface area contributed by atoms with Gasteiger partial charge < -0.3 is 9.84 Å². The number of likely N-dealkylation sites (tertiary alicyclic amines) is 1. The van der Waals surface area contributed by atoms with Crippen molar-refractivity contribution < 1.29 is 14.6 Å². The molecule has 0 atom stereocenters. The van der Waals surface area contributed by atoms with Gasteiger partial charge in [-0.05, 0) is 36.2 Å². The molecule has 5 nitrogen and oxygen atoms in total. The first-order chi connectivity index (χ1) is 10.6. The SMILES string of the molecule is Cc1cc(CN2CC(C(=O)O)C2)ccc1Oc1cccnc1. The molecule has 0 aliphatic carbocycles. The van der Waals surface area contributed by atoms with Crippen LogP contribution in [0.2, 0.25) is 0 Å². The van der Waals surface area contributed by atoms with E-state index in [2.05, 4.69) is 16.0 Å². The molecular formula is C17H18N2O3. The van der Waals surface area contributed by atoms with Crippen LogP contribution in [0.5, 0.6) is 11.5 Å². The maximum absolute atomic E-state index is 10.8. The molecule has 1 aromatic heterocycles. The average Bonchev–Trinajstić information content (AvgIpc) is 2.46. The zero-order valence-electron chi connectivity index (χ0n) is 12.4. The second-order valence-electron chi connectivity index (χ2n) is 5.62. The van der Waals surface area contributed by atoms with Crippen LogP contribution in [0.1, 0.15) is 11.1 Å². The summed E-state index contributed by atoms with van der Waals surface area (Å²) >= 11 is 0. The van der Waals surface area contributed by atoms with Gasteiger partial charge in [-0.3, -0.25) is 14.7 Å². The van der Waals surface area contributed by atoms with E-state index < -0.39 is 5.97 Å². The lowest BCUT2D eigenvalue weighted by atomic mass is 9.99. The number of nitrogens with zero attached hydrogens (tertiary/aromatic N) is 2. The molecule has 114 valence electrons. The number of carboxylic acid groups (broad SMARTS) is 1. The molecule has 0 bridgehead atoms. The molecule has 22 heavy (non-hydrogen) atoms. The first-order valence-electron chi connectivity index (χ1n) is 7.24. The minimum absolute atomic E-state index is 0.214. The highest BCUT2D eigenvalue weighted by Gasteiger charge is 2.32. The average molecular weight is 298 g/mol. The van der Waals surface area contributed by atoms with Gasteiger partial charge in [-0.2, -0.15) is 0 Å². The van der Waals surface area contributed by atoms with Crippen molar-refractivity contribution in [1.29, 1.82) is 0 Å². The lowest BCUT2D eigenvalue weighted by Gasteiger charge is -2.36. The smallest absolute Gasteiger partial charge is 0.309 e. The Bertz CT molecular complexity index is 667. The first-order valence-corrected chi connectivity index (χ1v) is 7.24. The quantitative estimate of drug-likeness (QED) is 0.919. The van der Waals surface area contributed by atoms with Crippen molar-refractivity contribution in [1.82, 2.24) is 9.88 Å². The van der Waals surface area contributed by atoms with E-state index in [1.165, 1.54) is 5.56 Å². The Morgan fingerprint density at radius 1 is 1.41 bits per heavy atom. The van der Waals surface area contributed by atoms with Crippen LogP contribution in [0.15, 0.2) is 42.7 Å². The largest absolute Gasteiger partial charge is 0.481 e. The van der Waals surface area contributed by atoms with Gasteiger partial charge in [0, 0.05) is 25.8 Å². The highest BCUT2D eigenvalue weighted by molar-refractivity contribution is 5.71. The maximum Gasteiger partial charge on any atom is 0.309 e. The summed E-state index contributed by atoms with van der Waals surface area (Å²) in [6, 6.07) is 9.76. The van der Waals surface area contributed by atoms with Gasteiger partial charge in [0.25, 0.3) is 0 Å². The Morgan fingerprint density at radius 2 is 2.23 bits per heavy atom. The number of hydrogen-bond donors (Lipinski definition) is 1. The second kappa shape index (κ2) is 6.15. The molecule has 1 aliphatic heterocycles.